The molecule has 0 fully saturated rings. The molecule has 0 radical (unpaired) electrons. The van der Waals surface area contributed by atoms with E-state index in [0.717, 1.165) is 0 Å². The number of rotatable bonds is 5. The highest BCUT2D eigenvalue weighted by atomic mass is 32.2. The number of pyridine rings is 1. The molecule has 0 aliphatic heterocycles. The summed E-state index contributed by atoms with van der Waals surface area (Å²) in [5, 5.41) is 8.89. The van der Waals surface area contributed by atoms with Gasteiger partial charge in [-0.25, -0.2) is 13.4 Å². The van der Waals surface area contributed by atoms with Gasteiger partial charge in [-0.2, -0.15) is 4.31 Å². The second-order valence-corrected chi connectivity index (χ2v) is 5.80. The summed E-state index contributed by atoms with van der Waals surface area (Å²) in [6, 6.07) is 2.88. The van der Waals surface area contributed by atoms with E-state index in [1.807, 2.05) is 13.8 Å². The van der Waals surface area contributed by atoms with E-state index in [2.05, 4.69) is 4.98 Å². The fraction of sp³-hybridized carbons (Fsp3) is 0.545. The number of hydrogen-bond acceptors (Lipinski definition) is 4. The molecule has 0 saturated carbocycles. The van der Waals surface area contributed by atoms with Crippen molar-refractivity contribution < 1.29 is 13.5 Å². The zero-order valence-electron chi connectivity index (χ0n) is 10.3. The molecule has 0 aliphatic carbocycles. The summed E-state index contributed by atoms with van der Waals surface area (Å²) < 4.78 is 25.8. The predicted molar refractivity (Wildman–Crippen MR) is 64.9 cm³/mol. The third-order valence-electron chi connectivity index (χ3n) is 2.44. The van der Waals surface area contributed by atoms with E-state index >= 15 is 0 Å². The first kappa shape index (κ1) is 14.1. The van der Waals surface area contributed by atoms with Crippen LogP contribution in [0, 0.1) is 0 Å². The summed E-state index contributed by atoms with van der Waals surface area (Å²) in [6.07, 6.45) is 1.38. The number of nitrogens with zero attached hydrogens (tertiary/aromatic N) is 2. The minimum atomic E-state index is -3.53. The Morgan fingerprint density at radius 3 is 2.41 bits per heavy atom. The molecule has 1 aromatic rings. The van der Waals surface area contributed by atoms with Crippen molar-refractivity contribution in [1.82, 2.24) is 9.29 Å². The molecule has 0 aromatic carbocycles. The highest BCUT2D eigenvalue weighted by Crippen LogP contribution is 2.16. The van der Waals surface area contributed by atoms with E-state index in [1.165, 1.54) is 16.6 Å². The highest BCUT2D eigenvalue weighted by molar-refractivity contribution is 7.89. The van der Waals surface area contributed by atoms with Crippen LogP contribution in [0.3, 0.4) is 0 Å². The maximum absolute atomic E-state index is 12.2. The maximum atomic E-state index is 12.2. The van der Waals surface area contributed by atoms with Gasteiger partial charge < -0.3 is 5.11 Å². The summed E-state index contributed by atoms with van der Waals surface area (Å²) in [5.41, 5.74) is 0.594. The lowest BCUT2D eigenvalue weighted by molar-refractivity contribution is 0.281. The van der Waals surface area contributed by atoms with Crippen LogP contribution >= 0.6 is 0 Å². The Morgan fingerprint density at radius 2 is 2.06 bits per heavy atom. The number of aliphatic hydroxyl groups excluding tert-OH is 1. The lowest BCUT2D eigenvalue weighted by Crippen LogP contribution is -2.37. The van der Waals surface area contributed by atoms with Gasteiger partial charge in [-0.15, -0.1) is 0 Å². The van der Waals surface area contributed by atoms with Crippen LogP contribution in [0.2, 0.25) is 0 Å². The molecule has 1 aromatic heterocycles. The summed E-state index contributed by atoms with van der Waals surface area (Å²) in [7, 11) is -3.53. The predicted octanol–water partition coefficient (Wildman–Crippen LogP) is 0.993. The molecule has 0 spiro atoms. The van der Waals surface area contributed by atoms with Crippen molar-refractivity contribution in [2.75, 3.05) is 6.54 Å². The van der Waals surface area contributed by atoms with Gasteiger partial charge in [-0.05, 0) is 25.5 Å². The molecular formula is C11H18N2O3S. The Morgan fingerprint density at radius 1 is 1.41 bits per heavy atom. The zero-order valence-corrected chi connectivity index (χ0v) is 11.1. The standard InChI is InChI=1S/C11H18N2O3S/c1-4-13(9(2)3)17(15,16)11-6-5-10(8-14)7-12-11/h5-7,9,14H,4,8H2,1-3H3. The molecule has 0 aliphatic rings. The van der Waals surface area contributed by atoms with E-state index in [1.54, 1.807) is 13.0 Å². The smallest absolute Gasteiger partial charge is 0.260 e. The molecule has 0 atom stereocenters. The van der Waals surface area contributed by atoms with E-state index < -0.39 is 10.0 Å². The van der Waals surface area contributed by atoms with Gasteiger partial charge >= 0.3 is 0 Å². The lowest BCUT2D eigenvalue weighted by Gasteiger charge is -2.23. The molecule has 1 rings (SSSR count). The molecule has 17 heavy (non-hydrogen) atoms. The Hall–Kier alpha value is -0.980. The fourth-order valence-corrected chi connectivity index (χ4v) is 3.15. The van der Waals surface area contributed by atoms with Crippen LogP contribution < -0.4 is 0 Å². The minimum absolute atomic E-state index is 0.0188. The summed E-state index contributed by atoms with van der Waals surface area (Å²) in [5.74, 6) is 0. The molecule has 6 heteroatoms. The average Bonchev–Trinajstić information content (AvgIpc) is 2.29. The van der Waals surface area contributed by atoms with E-state index in [-0.39, 0.29) is 17.7 Å². The highest BCUT2D eigenvalue weighted by Gasteiger charge is 2.26. The molecular weight excluding hydrogens is 240 g/mol. The van der Waals surface area contributed by atoms with Gasteiger partial charge in [0, 0.05) is 18.8 Å². The van der Waals surface area contributed by atoms with Crippen LogP contribution in [0.1, 0.15) is 26.3 Å². The first-order valence-corrected chi connectivity index (χ1v) is 6.95. The van der Waals surface area contributed by atoms with Crippen LogP contribution in [0.15, 0.2) is 23.4 Å². The van der Waals surface area contributed by atoms with Crippen molar-refractivity contribution in [2.45, 2.75) is 38.4 Å². The molecule has 1 N–H and O–H groups in total. The van der Waals surface area contributed by atoms with Gasteiger partial charge in [0.15, 0.2) is 5.03 Å². The molecule has 5 nitrogen and oxygen atoms in total. The van der Waals surface area contributed by atoms with Crippen LogP contribution in [0.25, 0.3) is 0 Å². The minimum Gasteiger partial charge on any atom is -0.392 e. The topological polar surface area (TPSA) is 70.5 Å². The van der Waals surface area contributed by atoms with Crippen molar-refractivity contribution in [3.8, 4) is 0 Å². The van der Waals surface area contributed by atoms with Gasteiger partial charge in [0.1, 0.15) is 0 Å². The quantitative estimate of drug-likeness (QED) is 0.855. The Labute approximate surface area is 102 Å². The first-order chi connectivity index (χ1) is 7.93. The molecule has 0 saturated heterocycles. The fourth-order valence-electron chi connectivity index (χ4n) is 1.59. The Kier molecular flexibility index (Phi) is 4.62. The van der Waals surface area contributed by atoms with Crippen LogP contribution in [-0.2, 0) is 16.6 Å². The monoisotopic (exact) mass is 258 g/mol. The maximum Gasteiger partial charge on any atom is 0.260 e. The second-order valence-electron chi connectivity index (χ2n) is 3.96. The van der Waals surface area contributed by atoms with Gasteiger partial charge in [0.05, 0.1) is 6.61 Å². The van der Waals surface area contributed by atoms with Crippen molar-refractivity contribution in [3.63, 3.8) is 0 Å². The number of aliphatic hydroxyl groups is 1. The van der Waals surface area contributed by atoms with Gasteiger partial charge in [-0.3, -0.25) is 0 Å². The van der Waals surface area contributed by atoms with Crippen LogP contribution in [0.4, 0.5) is 0 Å². The molecule has 96 valence electrons. The molecule has 1 heterocycles. The van der Waals surface area contributed by atoms with Crippen LogP contribution in [0.5, 0.6) is 0 Å². The van der Waals surface area contributed by atoms with Gasteiger partial charge in [0.25, 0.3) is 10.0 Å². The van der Waals surface area contributed by atoms with Crippen molar-refractivity contribution in [3.05, 3.63) is 23.9 Å². The summed E-state index contributed by atoms with van der Waals surface area (Å²) >= 11 is 0. The van der Waals surface area contributed by atoms with Crippen molar-refractivity contribution >= 4 is 10.0 Å². The lowest BCUT2D eigenvalue weighted by atomic mass is 10.3. The molecule has 0 unspecified atom stereocenters. The summed E-state index contributed by atoms with van der Waals surface area (Å²) in [6.45, 7) is 5.70. The zero-order chi connectivity index (χ0) is 13.1. The number of sulfonamides is 1. The Bertz CT molecular complexity index is 454. The Balaban J connectivity index is 3.11. The third-order valence-corrected chi connectivity index (χ3v) is 4.51. The normalized spacial score (nSPS) is 12.4. The first-order valence-electron chi connectivity index (χ1n) is 5.51. The SMILES string of the molecule is CCN(C(C)C)S(=O)(=O)c1ccc(CO)cn1. The summed E-state index contributed by atoms with van der Waals surface area (Å²) in [4.78, 5) is 3.88. The number of hydrogen-bond donors (Lipinski definition) is 1. The average molecular weight is 258 g/mol. The second kappa shape index (κ2) is 5.57. The number of aromatic nitrogens is 1. The molecule has 0 amide bonds. The van der Waals surface area contributed by atoms with E-state index in [0.29, 0.717) is 12.1 Å². The third kappa shape index (κ3) is 3.02. The van der Waals surface area contributed by atoms with Gasteiger partial charge in [0.2, 0.25) is 0 Å². The van der Waals surface area contributed by atoms with Crippen molar-refractivity contribution in [2.24, 2.45) is 0 Å². The molecule has 0 bridgehead atoms. The van der Waals surface area contributed by atoms with Gasteiger partial charge in [-0.1, -0.05) is 13.0 Å². The van der Waals surface area contributed by atoms with Crippen molar-refractivity contribution in [1.29, 1.82) is 0 Å². The largest absolute Gasteiger partial charge is 0.392 e. The van der Waals surface area contributed by atoms with E-state index in [9.17, 15) is 8.42 Å². The van der Waals surface area contributed by atoms with Crippen LogP contribution in [-0.4, -0.2) is 35.4 Å². The van der Waals surface area contributed by atoms with E-state index in [4.69, 9.17) is 5.11 Å².